The van der Waals surface area contributed by atoms with E-state index >= 15 is 0 Å². The standard InChI is InChI=1S/C16H15F3N2O3/c17-16(18,19)13-5-6-15(24)21(8-13)9-14(23)20-7-11-3-1-2-4-12(11)10-22/h1-6,8,22H,7,9-10H2,(H,20,23). The highest BCUT2D eigenvalue weighted by atomic mass is 19.4. The lowest BCUT2D eigenvalue weighted by atomic mass is 10.1. The van der Waals surface area contributed by atoms with E-state index in [4.69, 9.17) is 0 Å². The second-order valence-corrected chi connectivity index (χ2v) is 5.09. The second kappa shape index (κ2) is 7.31. The van der Waals surface area contributed by atoms with Crippen molar-refractivity contribution in [2.45, 2.75) is 25.9 Å². The zero-order valence-corrected chi connectivity index (χ0v) is 12.5. The number of alkyl halides is 3. The number of benzene rings is 1. The van der Waals surface area contributed by atoms with Gasteiger partial charge in [-0.25, -0.2) is 0 Å². The lowest BCUT2D eigenvalue weighted by molar-refractivity contribution is -0.138. The Balaban J connectivity index is 2.06. The first-order valence-corrected chi connectivity index (χ1v) is 7.03. The molecule has 0 unspecified atom stereocenters. The van der Waals surface area contributed by atoms with Gasteiger partial charge in [0.1, 0.15) is 6.54 Å². The molecule has 5 nitrogen and oxygen atoms in total. The van der Waals surface area contributed by atoms with Crippen LogP contribution < -0.4 is 10.9 Å². The van der Waals surface area contributed by atoms with E-state index in [9.17, 15) is 27.9 Å². The average Bonchev–Trinajstić information content (AvgIpc) is 2.54. The topological polar surface area (TPSA) is 71.3 Å². The molecule has 0 aliphatic carbocycles. The predicted molar refractivity (Wildman–Crippen MR) is 79.9 cm³/mol. The Hall–Kier alpha value is -2.61. The summed E-state index contributed by atoms with van der Waals surface area (Å²) in [5.74, 6) is -0.607. The summed E-state index contributed by atoms with van der Waals surface area (Å²) in [6.07, 6.45) is -3.98. The van der Waals surface area contributed by atoms with Gasteiger partial charge in [-0.1, -0.05) is 24.3 Å². The van der Waals surface area contributed by atoms with Gasteiger partial charge in [0.05, 0.1) is 12.2 Å². The molecule has 0 atom stereocenters. The third-order valence-electron chi connectivity index (χ3n) is 3.39. The molecule has 2 rings (SSSR count). The number of amides is 1. The molecule has 0 radical (unpaired) electrons. The number of hydrogen-bond donors (Lipinski definition) is 2. The van der Waals surface area contributed by atoms with Gasteiger partial charge in [-0.3, -0.25) is 9.59 Å². The van der Waals surface area contributed by atoms with Crippen LogP contribution in [0.25, 0.3) is 0 Å². The largest absolute Gasteiger partial charge is 0.417 e. The Kier molecular flexibility index (Phi) is 5.40. The third kappa shape index (κ3) is 4.45. The lowest BCUT2D eigenvalue weighted by Gasteiger charge is -2.12. The molecule has 1 heterocycles. The Labute approximate surface area is 135 Å². The van der Waals surface area contributed by atoms with Crippen molar-refractivity contribution in [2.75, 3.05) is 0 Å². The van der Waals surface area contributed by atoms with Crippen LogP contribution in [0.3, 0.4) is 0 Å². The predicted octanol–water partition coefficient (Wildman–Crippen LogP) is 1.68. The summed E-state index contributed by atoms with van der Waals surface area (Å²) in [6.45, 7) is -0.619. The number of carbonyl (C=O) groups excluding carboxylic acids is 1. The van der Waals surface area contributed by atoms with Crippen molar-refractivity contribution in [3.8, 4) is 0 Å². The first-order valence-electron chi connectivity index (χ1n) is 7.03. The fourth-order valence-corrected chi connectivity index (χ4v) is 2.11. The fourth-order valence-electron chi connectivity index (χ4n) is 2.11. The summed E-state index contributed by atoms with van der Waals surface area (Å²) in [7, 11) is 0. The van der Waals surface area contributed by atoms with E-state index in [1.807, 2.05) is 0 Å². The van der Waals surface area contributed by atoms with Crippen LogP contribution in [-0.4, -0.2) is 15.6 Å². The van der Waals surface area contributed by atoms with E-state index in [0.717, 1.165) is 6.07 Å². The van der Waals surface area contributed by atoms with Crippen LogP contribution in [0.1, 0.15) is 16.7 Å². The van der Waals surface area contributed by atoms with Gasteiger partial charge in [0.15, 0.2) is 0 Å². The van der Waals surface area contributed by atoms with Gasteiger partial charge in [-0.2, -0.15) is 13.2 Å². The molecule has 24 heavy (non-hydrogen) atoms. The van der Waals surface area contributed by atoms with Crippen LogP contribution in [0.2, 0.25) is 0 Å². The molecule has 0 saturated heterocycles. The number of nitrogens with zero attached hydrogens (tertiary/aromatic N) is 1. The van der Waals surface area contributed by atoms with Crippen molar-refractivity contribution in [1.82, 2.24) is 9.88 Å². The Morgan fingerprint density at radius 2 is 1.79 bits per heavy atom. The van der Waals surface area contributed by atoms with E-state index in [1.54, 1.807) is 24.3 Å². The summed E-state index contributed by atoms with van der Waals surface area (Å²) in [5, 5.41) is 11.7. The quantitative estimate of drug-likeness (QED) is 0.870. The molecule has 0 bridgehead atoms. The molecule has 0 saturated carbocycles. The first kappa shape index (κ1) is 17.7. The number of aromatic nitrogens is 1. The summed E-state index contributed by atoms with van der Waals surface area (Å²) in [4.78, 5) is 23.5. The van der Waals surface area contributed by atoms with Gasteiger partial charge in [-0.05, 0) is 17.2 Å². The van der Waals surface area contributed by atoms with Gasteiger partial charge >= 0.3 is 6.18 Å². The molecule has 2 aromatic rings. The molecule has 128 valence electrons. The van der Waals surface area contributed by atoms with Crippen molar-refractivity contribution < 1.29 is 23.1 Å². The molecule has 0 aliphatic heterocycles. The van der Waals surface area contributed by atoms with Gasteiger partial charge in [0.2, 0.25) is 5.91 Å². The average molecular weight is 340 g/mol. The molecule has 1 aromatic heterocycles. The van der Waals surface area contributed by atoms with E-state index in [2.05, 4.69) is 5.32 Å². The van der Waals surface area contributed by atoms with Crippen LogP contribution >= 0.6 is 0 Å². The SMILES string of the molecule is O=C(Cn1cc(C(F)(F)F)ccc1=O)NCc1ccccc1CO. The summed E-state index contributed by atoms with van der Waals surface area (Å²) >= 11 is 0. The number of carbonyl (C=O) groups is 1. The molecular formula is C16H15F3N2O3. The normalized spacial score (nSPS) is 11.3. The second-order valence-electron chi connectivity index (χ2n) is 5.09. The van der Waals surface area contributed by atoms with Gasteiger partial charge < -0.3 is 15.0 Å². The molecule has 0 fully saturated rings. The Morgan fingerprint density at radius 1 is 1.12 bits per heavy atom. The number of nitrogens with one attached hydrogen (secondary N) is 1. The maximum Gasteiger partial charge on any atom is 0.417 e. The summed E-state index contributed by atoms with van der Waals surface area (Å²) in [6, 6.07) is 8.32. The maximum atomic E-state index is 12.7. The maximum absolute atomic E-state index is 12.7. The van der Waals surface area contributed by atoms with Crippen LogP contribution in [0.5, 0.6) is 0 Å². The van der Waals surface area contributed by atoms with Gasteiger partial charge in [-0.15, -0.1) is 0 Å². The molecule has 2 N–H and O–H groups in total. The first-order chi connectivity index (χ1) is 11.3. The fraction of sp³-hybridized carbons (Fsp3) is 0.250. The number of rotatable bonds is 5. The number of aliphatic hydroxyl groups excluding tert-OH is 1. The smallest absolute Gasteiger partial charge is 0.392 e. The Bertz CT molecular complexity index is 785. The molecule has 1 amide bonds. The molecule has 1 aromatic carbocycles. The zero-order valence-electron chi connectivity index (χ0n) is 12.5. The van der Waals surface area contributed by atoms with Gasteiger partial charge in [0, 0.05) is 18.8 Å². The van der Waals surface area contributed by atoms with Crippen molar-refractivity contribution in [3.05, 3.63) is 69.6 Å². The van der Waals surface area contributed by atoms with E-state index in [-0.39, 0.29) is 13.2 Å². The highest BCUT2D eigenvalue weighted by Crippen LogP contribution is 2.27. The van der Waals surface area contributed by atoms with Gasteiger partial charge in [0.25, 0.3) is 5.56 Å². The zero-order chi connectivity index (χ0) is 17.7. The monoisotopic (exact) mass is 340 g/mol. The number of aliphatic hydroxyl groups is 1. The third-order valence-corrected chi connectivity index (χ3v) is 3.39. The van der Waals surface area contributed by atoms with Crippen molar-refractivity contribution >= 4 is 5.91 Å². The highest BCUT2D eigenvalue weighted by Gasteiger charge is 2.31. The van der Waals surface area contributed by atoms with Crippen LogP contribution in [0, 0.1) is 0 Å². The number of hydrogen-bond acceptors (Lipinski definition) is 3. The molecule has 0 aliphatic rings. The summed E-state index contributed by atoms with van der Waals surface area (Å²) < 4.78 is 38.7. The molecular weight excluding hydrogens is 325 g/mol. The van der Waals surface area contributed by atoms with Crippen LogP contribution in [0.15, 0.2) is 47.4 Å². The minimum Gasteiger partial charge on any atom is -0.392 e. The van der Waals surface area contributed by atoms with Crippen molar-refractivity contribution in [3.63, 3.8) is 0 Å². The summed E-state index contributed by atoms with van der Waals surface area (Å²) in [5.41, 5.74) is -0.381. The van der Waals surface area contributed by atoms with E-state index in [0.29, 0.717) is 28.0 Å². The van der Waals surface area contributed by atoms with Crippen LogP contribution in [-0.2, 0) is 30.7 Å². The Morgan fingerprint density at radius 3 is 2.42 bits per heavy atom. The number of halogens is 3. The van der Waals surface area contributed by atoms with E-state index < -0.39 is 29.8 Å². The highest BCUT2D eigenvalue weighted by molar-refractivity contribution is 5.75. The van der Waals surface area contributed by atoms with Crippen molar-refractivity contribution in [2.24, 2.45) is 0 Å². The number of pyridine rings is 1. The molecule has 8 heteroatoms. The van der Waals surface area contributed by atoms with Crippen LogP contribution in [0.4, 0.5) is 13.2 Å². The molecule has 0 spiro atoms. The van der Waals surface area contributed by atoms with E-state index in [1.165, 1.54) is 0 Å². The minimum absolute atomic E-state index is 0.100. The lowest BCUT2D eigenvalue weighted by Crippen LogP contribution is -2.32. The minimum atomic E-state index is -4.59. The van der Waals surface area contributed by atoms with Crippen molar-refractivity contribution in [1.29, 1.82) is 0 Å².